The fourth-order valence-corrected chi connectivity index (χ4v) is 9.43. The van der Waals surface area contributed by atoms with Crippen molar-refractivity contribution in [3.63, 3.8) is 0 Å². The van der Waals surface area contributed by atoms with Crippen LogP contribution in [-0.4, -0.2) is 65.3 Å². The predicted octanol–water partition coefficient (Wildman–Crippen LogP) is 7.82. The molecule has 3 aliphatic carbocycles. The van der Waals surface area contributed by atoms with Crippen molar-refractivity contribution in [3.8, 4) is 17.2 Å². The molecule has 7 rings (SSSR count). The molecule has 1 amide bonds. The van der Waals surface area contributed by atoms with Crippen molar-refractivity contribution in [1.29, 1.82) is 0 Å². The number of carboxylic acids is 1. The van der Waals surface area contributed by atoms with Crippen LogP contribution in [0.4, 0.5) is 5.69 Å². The van der Waals surface area contributed by atoms with Gasteiger partial charge in [0.2, 0.25) is 5.91 Å². The van der Waals surface area contributed by atoms with Crippen LogP contribution in [0, 0.1) is 11.8 Å². The quantitative estimate of drug-likeness (QED) is 0.219. The molecular weight excluding hydrogens is 666 g/mol. The van der Waals surface area contributed by atoms with Crippen LogP contribution in [0.25, 0.3) is 0 Å². The van der Waals surface area contributed by atoms with Gasteiger partial charge in [-0.2, -0.15) is 0 Å². The van der Waals surface area contributed by atoms with Gasteiger partial charge in [0.05, 0.1) is 13.2 Å². The number of aromatic nitrogens is 1. The summed E-state index contributed by atoms with van der Waals surface area (Å²) >= 11 is 6.29. The highest BCUT2D eigenvalue weighted by Crippen LogP contribution is 2.58. The molecule has 4 aliphatic rings. The van der Waals surface area contributed by atoms with E-state index in [-0.39, 0.29) is 29.3 Å². The van der Waals surface area contributed by atoms with Gasteiger partial charge >= 0.3 is 5.97 Å². The summed E-state index contributed by atoms with van der Waals surface area (Å²) in [6.07, 6.45) is 9.12. The van der Waals surface area contributed by atoms with E-state index in [2.05, 4.69) is 36.3 Å². The molecule has 1 aliphatic heterocycles. The standard InChI is InChI=1S/C41H50ClN3O6/c1-25(23-49-35-11-16-43-34-10-5-7-26(2)38(34)35)17-29-18-28-19-36-37(51-32(24-50-36)22-45(4)27(3)46)21-33(28)40(29)12-14-41(15-13-40,39(47)48)44-31-9-6-8-30(42)20-31/h6,8-9,11,16,19-21,25-26,29,32,44H,5,7,10,12-15,17-18,22-24H2,1-4H3,(H,47,48)/t25-,26-,29?,32?,40?,41?/m1/s1. The molecule has 2 unspecified atom stereocenters. The highest BCUT2D eigenvalue weighted by atomic mass is 35.5. The number of aryl methyl sites for hydroxylation is 1. The van der Waals surface area contributed by atoms with Crippen LogP contribution in [0.2, 0.25) is 5.02 Å². The minimum absolute atomic E-state index is 0.0212. The number of benzene rings is 2. The summed E-state index contributed by atoms with van der Waals surface area (Å²) in [6.45, 7) is 7.51. The smallest absolute Gasteiger partial charge is 0.329 e. The number of halogens is 1. The minimum Gasteiger partial charge on any atom is -0.493 e. The third-order valence-electron chi connectivity index (χ3n) is 12.1. The lowest BCUT2D eigenvalue weighted by molar-refractivity contribution is -0.144. The Morgan fingerprint density at radius 3 is 2.71 bits per heavy atom. The molecule has 1 saturated carbocycles. The Hall–Kier alpha value is -3.98. The summed E-state index contributed by atoms with van der Waals surface area (Å²) in [7, 11) is 1.77. The summed E-state index contributed by atoms with van der Waals surface area (Å²) in [5.74, 6) is 2.53. The number of aliphatic carboxylic acids is 1. The topological polar surface area (TPSA) is 110 Å². The number of likely N-dealkylation sites (N-methyl/N-ethyl adjacent to an activating group) is 1. The van der Waals surface area contributed by atoms with Gasteiger partial charge in [-0.3, -0.25) is 9.78 Å². The summed E-state index contributed by atoms with van der Waals surface area (Å²) < 4.78 is 19.3. The highest BCUT2D eigenvalue weighted by molar-refractivity contribution is 6.30. The molecular formula is C41H50ClN3O6. The maximum absolute atomic E-state index is 13.0. The van der Waals surface area contributed by atoms with Crippen LogP contribution in [0.5, 0.6) is 17.2 Å². The largest absolute Gasteiger partial charge is 0.493 e. The van der Waals surface area contributed by atoms with E-state index in [4.69, 9.17) is 25.8 Å². The zero-order valence-corrected chi connectivity index (χ0v) is 30.9. The van der Waals surface area contributed by atoms with Crippen molar-refractivity contribution >= 4 is 29.2 Å². The van der Waals surface area contributed by atoms with E-state index < -0.39 is 11.5 Å². The number of carbonyl (C=O) groups is 2. The molecule has 272 valence electrons. The number of pyridine rings is 1. The monoisotopic (exact) mass is 715 g/mol. The van der Waals surface area contributed by atoms with Crippen molar-refractivity contribution in [2.75, 3.05) is 32.1 Å². The van der Waals surface area contributed by atoms with Gasteiger partial charge in [-0.05, 0) is 128 Å². The van der Waals surface area contributed by atoms with Gasteiger partial charge in [-0.25, -0.2) is 4.79 Å². The number of ether oxygens (including phenoxy) is 3. The third kappa shape index (κ3) is 6.98. The number of nitrogens with zero attached hydrogens (tertiary/aromatic N) is 2. The molecule has 2 N–H and O–H groups in total. The average Bonchev–Trinajstić information content (AvgIpc) is 3.38. The van der Waals surface area contributed by atoms with Crippen molar-refractivity contribution < 1.29 is 28.9 Å². The third-order valence-corrected chi connectivity index (χ3v) is 12.3. The van der Waals surface area contributed by atoms with Gasteiger partial charge in [-0.1, -0.05) is 31.5 Å². The number of hydrogen-bond acceptors (Lipinski definition) is 7. The number of amides is 1. The molecule has 1 aromatic heterocycles. The first-order valence-corrected chi connectivity index (χ1v) is 18.9. The van der Waals surface area contributed by atoms with Crippen LogP contribution in [0.1, 0.15) is 94.0 Å². The maximum atomic E-state index is 13.0. The Morgan fingerprint density at radius 1 is 1.16 bits per heavy atom. The van der Waals surface area contributed by atoms with E-state index in [1.54, 1.807) is 31.0 Å². The molecule has 10 heteroatoms. The molecule has 0 saturated heterocycles. The Balaban J connectivity index is 1.15. The average molecular weight is 716 g/mol. The molecule has 0 radical (unpaired) electrons. The van der Waals surface area contributed by atoms with Crippen molar-refractivity contribution in [2.45, 2.75) is 102 Å². The van der Waals surface area contributed by atoms with Gasteiger partial charge < -0.3 is 29.5 Å². The lowest BCUT2D eigenvalue weighted by Gasteiger charge is -2.47. The van der Waals surface area contributed by atoms with Gasteiger partial charge in [0, 0.05) is 42.1 Å². The molecule has 51 heavy (non-hydrogen) atoms. The van der Waals surface area contributed by atoms with Gasteiger partial charge in [0.15, 0.2) is 17.6 Å². The first-order chi connectivity index (χ1) is 24.5. The van der Waals surface area contributed by atoms with Crippen LogP contribution in [0.15, 0.2) is 48.7 Å². The number of nitrogens with one attached hydrogen (secondary N) is 1. The van der Waals surface area contributed by atoms with Crippen molar-refractivity contribution in [2.24, 2.45) is 11.8 Å². The lowest BCUT2D eigenvalue weighted by Crippen LogP contribution is -2.53. The number of fused-ring (bicyclic) bond motifs is 4. The fraction of sp³-hybridized carbons (Fsp3) is 0.537. The number of hydrogen-bond donors (Lipinski definition) is 2. The second-order valence-electron chi connectivity index (χ2n) is 15.6. The van der Waals surface area contributed by atoms with Crippen LogP contribution in [0.3, 0.4) is 0 Å². The Labute approximate surface area is 306 Å². The number of rotatable bonds is 10. The molecule has 2 aromatic carbocycles. The molecule has 1 fully saturated rings. The van der Waals surface area contributed by atoms with Gasteiger partial charge in [0.1, 0.15) is 17.9 Å². The molecule has 4 atom stereocenters. The van der Waals surface area contributed by atoms with Crippen LogP contribution < -0.4 is 19.5 Å². The van der Waals surface area contributed by atoms with Crippen molar-refractivity contribution in [1.82, 2.24) is 9.88 Å². The predicted molar refractivity (Wildman–Crippen MR) is 197 cm³/mol. The second kappa shape index (κ2) is 14.2. The van der Waals surface area contributed by atoms with Crippen LogP contribution in [-0.2, 0) is 27.8 Å². The van der Waals surface area contributed by atoms with E-state index >= 15 is 0 Å². The van der Waals surface area contributed by atoms with E-state index in [1.807, 2.05) is 24.4 Å². The zero-order chi connectivity index (χ0) is 35.9. The van der Waals surface area contributed by atoms with Crippen molar-refractivity contribution in [3.05, 3.63) is 76.1 Å². The zero-order valence-electron chi connectivity index (χ0n) is 30.2. The first kappa shape index (κ1) is 35.4. The number of anilines is 1. The molecule has 0 bridgehead atoms. The molecule has 3 aromatic rings. The van der Waals surface area contributed by atoms with E-state index in [9.17, 15) is 14.7 Å². The van der Waals surface area contributed by atoms with E-state index in [0.29, 0.717) is 67.8 Å². The Morgan fingerprint density at radius 2 is 1.96 bits per heavy atom. The summed E-state index contributed by atoms with van der Waals surface area (Å²) in [5, 5.41) is 14.6. The van der Waals surface area contributed by atoms with Crippen LogP contribution >= 0.6 is 11.6 Å². The maximum Gasteiger partial charge on any atom is 0.329 e. The fourth-order valence-electron chi connectivity index (χ4n) is 9.24. The number of carbonyl (C=O) groups excluding carboxylic acids is 1. The number of carboxylic acid groups (broad SMARTS) is 1. The summed E-state index contributed by atoms with van der Waals surface area (Å²) in [6, 6.07) is 13.6. The Bertz CT molecular complexity index is 1790. The van der Waals surface area contributed by atoms with E-state index in [0.717, 1.165) is 37.2 Å². The highest BCUT2D eigenvalue weighted by Gasteiger charge is 2.54. The summed E-state index contributed by atoms with van der Waals surface area (Å²) in [4.78, 5) is 31.3. The SMILES string of the molecule is CC(=O)N(C)CC1COc2cc3c(cc2O1)C1(CCC(Nc2cccc(Cl)c2)(C(=O)O)CC1)C(C[C@@H](C)COc1ccnc2c1[C@H](C)CCC2)C3. The van der Waals surface area contributed by atoms with Gasteiger partial charge in [0.25, 0.3) is 0 Å². The normalized spacial score (nSPS) is 26.9. The first-order valence-electron chi connectivity index (χ1n) is 18.5. The minimum atomic E-state index is -1.11. The molecule has 9 nitrogen and oxygen atoms in total. The van der Waals surface area contributed by atoms with E-state index in [1.165, 1.54) is 28.8 Å². The second-order valence-corrected chi connectivity index (χ2v) is 16.0. The summed E-state index contributed by atoms with van der Waals surface area (Å²) in [5.41, 5.74) is 4.30. The molecule has 1 spiro atoms. The Kier molecular flexibility index (Phi) is 9.87. The lowest BCUT2D eigenvalue weighted by atomic mass is 9.59. The molecule has 2 heterocycles. The van der Waals surface area contributed by atoms with Gasteiger partial charge in [-0.15, -0.1) is 0 Å².